The number of aryl methyl sites for hydroxylation is 1. The minimum atomic E-state index is -0.221. The van der Waals surface area contributed by atoms with Crippen LogP contribution in [-0.4, -0.2) is 18.2 Å². The molecule has 2 rings (SSSR count). The van der Waals surface area contributed by atoms with Crippen molar-refractivity contribution in [3.05, 3.63) is 29.1 Å². The van der Waals surface area contributed by atoms with Crippen molar-refractivity contribution in [2.24, 2.45) is 5.92 Å². The number of phenolic OH excluding ortho intramolecular Hbond substituents is 1. The van der Waals surface area contributed by atoms with Crippen LogP contribution in [0.4, 0.5) is 4.39 Å². The number of nitrogens with one attached hydrogen (secondary N) is 1. The maximum Gasteiger partial charge on any atom is 0.126 e. The second-order valence-corrected chi connectivity index (χ2v) is 4.63. The third kappa shape index (κ3) is 2.53. The van der Waals surface area contributed by atoms with Gasteiger partial charge in [0.05, 0.1) is 0 Å². The molecule has 88 valence electrons. The van der Waals surface area contributed by atoms with Crippen molar-refractivity contribution in [2.75, 3.05) is 13.1 Å². The van der Waals surface area contributed by atoms with Crippen molar-refractivity contribution in [1.82, 2.24) is 5.32 Å². The van der Waals surface area contributed by atoms with E-state index in [2.05, 4.69) is 5.32 Å². The summed E-state index contributed by atoms with van der Waals surface area (Å²) in [7, 11) is 0. The monoisotopic (exact) mass is 223 g/mol. The number of benzene rings is 1. The van der Waals surface area contributed by atoms with E-state index in [9.17, 15) is 9.50 Å². The summed E-state index contributed by atoms with van der Waals surface area (Å²) in [4.78, 5) is 0. The number of halogens is 1. The SMILES string of the molecule is Cc1cc(O)c(CC2CCNCC2)cc1F. The summed E-state index contributed by atoms with van der Waals surface area (Å²) >= 11 is 0. The standard InChI is InChI=1S/C13H18FNO/c1-9-6-13(16)11(8-12(9)14)7-10-2-4-15-5-3-10/h6,8,10,15-16H,2-5,7H2,1H3. The van der Waals surface area contributed by atoms with Gasteiger partial charge in [-0.05, 0) is 68.5 Å². The van der Waals surface area contributed by atoms with E-state index in [-0.39, 0.29) is 11.6 Å². The van der Waals surface area contributed by atoms with Crippen molar-refractivity contribution in [1.29, 1.82) is 0 Å². The lowest BCUT2D eigenvalue weighted by Crippen LogP contribution is -2.28. The molecule has 0 amide bonds. The zero-order chi connectivity index (χ0) is 11.5. The molecule has 1 saturated heterocycles. The van der Waals surface area contributed by atoms with Gasteiger partial charge in [-0.1, -0.05) is 0 Å². The molecule has 0 radical (unpaired) electrons. The summed E-state index contributed by atoms with van der Waals surface area (Å²) in [6.07, 6.45) is 2.99. The van der Waals surface area contributed by atoms with Gasteiger partial charge in [0.25, 0.3) is 0 Å². The zero-order valence-corrected chi connectivity index (χ0v) is 9.59. The lowest BCUT2D eigenvalue weighted by Gasteiger charge is -2.23. The Morgan fingerprint density at radius 1 is 1.38 bits per heavy atom. The second kappa shape index (κ2) is 4.83. The van der Waals surface area contributed by atoms with Crippen LogP contribution in [0.2, 0.25) is 0 Å². The zero-order valence-electron chi connectivity index (χ0n) is 9.59. The largest absolute Gasteiger partial charge is 0.508 e. The summed E-state index contributed by atoms with van der Waals surface area (Å²) in [5.41, 5.74) is 1.25. The molecule has 2 N–H and O–H groups in total. The molecule has 3 heteroatoms. The first-order chi connectivity index (χ1) is 7.66. The van der Waals surface area contributed by atoms with Crippen molar-refractivity contribution in [3.63, 3.8) is 0 Å². The number of hydrogen-bond acceptors (Lipinski definition) is 2. The van der Waals surface area contributed by atoms with Crippen molar-refractivity contribution in [3.8, 4) is 5.75 Å². The van der Waals surface area contributed by atoms with E-state index in [4.69, 9.17) is 0 Å². The lowest BCUT2D eigenvalue weighted by atomic mass is 9.90. The third-order valence-electron chi connectivity index (χ3n) is 3.33. The first kappa shape index (κ1) is 11.4. The first-order valence-corrected chi connectivity index (χ1v) is 5.85. The van der Waals surface area contributed by atoms with E-state index < -0.39 is 0 Å². The molecule has 1 aromatic rings. The fraction of sp³-hybridized carbons (Fsp3) is 0.538. The molecule has 1 aromatic carbocycles. The lowest BCUT2D eigenvalue weighted by molar-refractivity contribution is 0.365. The number of hydrogen-bond donors (Lipinski definition) is 2. The van der Waals surface area contributed by atoms with Crippen LogP contribution < -0.4 is 5.32 Å². The van der Waals surface area contributed by atoms with E-state index in [1.807, 2.05) is 0 Å². The number of rotatable bonds is 2. The van der Waals surface area contributed by atoms with Crippen LogP contribution in [0.1, 0.15) is 24.0 Å². The fourth-order valence-corrected chi connectivity index (χ4v) is 2.27. The Morgan fingerprint density at radius 3 is 2.75 bits per heavy atom. The van der Waals surface area contributed by atoms with Crippen molar-refractivity contribution in [2.45, 2.75) is 26.2 Å². The number of piperidine rings is 1. The summed E-state index contributed by atoms with van der Waals surface area (Å²) in [5, 5.41) is 13.1. The van der Waals surface area contributed by atoms with Crippen LogP contribution in [0, 0.1) is 18.7 Å². The summed E-state index contributed by atoms with van der Waals surface area (Å²) in [6, 6.07) is 3.00. The Kier molecular flexibility index (Phi) is 3.44. The predicted molar refractivity (Wildman–Crippen MR) is 62.1 cm³/mol. The smallest absolute Gasteiger partial charge is 0.126 e. The maximum atomic E-state index is 13.4. The van der Waals surface area contributed by atoms with Crippen LogP contribution in [0.25, 0.3) is 0 Å². The molecule has 0 unspecified atom stereocenters. The van der Waals surface area contributed by atoms with Gasteiger partial charge < -0.3 is 10.4 Å². The summed E-state index contributed by atoms with van der Waals surface area (Å²) < 4.78 is 13.4. The highest BCUT2D eigenvalue weighted by atomic mass is 19.1. The summed E-state index contributed by atoms with van der Waals surface area (Å²) in [6.45, 7) is 3.73. The molecule has 1 fully saturated rings. The third-order valence-corrected chi connectivity index (χ3v) is 3.33. The summed E-state index contributed by atoms with van der Waals surface area (Å²) in [5.74, 6) is 0.577. The van der Waals surface area contributed by atoms with Gasteiger partial charge in [-0.2, -0.15) is 0 Å². The van der Waals surface area contributed by atoms with Gasteiger partial charge in [-0.25, -0.2) is 4.39 Å². The molecule has 2 nitrogen and oxygen atoms in total. The van der Waals surface area contributed by atoms with Crippen LogP contribution in [0.15, 0.2) is 12.1 Å². The average Bonchev–Trinajstić information content (AvgIpc) is 2.27. The normalized spacial score (nSPS) is 17.6. The van der Waals surface area contributed by atoms with Crippen molar-refractivity contribution < 1.29 is 9.50 Å². The molecular weight excluding hydrogens is 205 g/mol. The molecule has 1 aliphatic rings. The van der Waals surface area contributed by atoms with E-state index in [0.717, 1.165) is 37.9 Å². The highest BCUT2D eigenvalue weighted by molar-refractivity contribution is 5.37. The maximum absolute atomic E-state index is 13.4. The molecule has 0 saturated carbocycles. The Labute approximate surface area is 95.5 Å². The van der Waals surface area contributed by atoms with Gasteiger partial charge >= 0.3 is 0 Å². The Bertz CT molecular complexity index is 372. The molecule has 0 aromatic heterocycles. The minimum Gasteiger partial charge on any atom is -0.508 e. The highest BCUT2D eigenvalue weighted by Gasteiger charge is 2.16. The molecule has 0 spiro atoms. The van der Waals surface area contributed by atoms with Crippen LogP contribution >= 0.6 is 0 Å². The van der Waals surface area contributed by atoms with Gasteiger partial charge in [-0.15, -0.1) is 0 Å². The van der Waals surface area contributed by atoms with E-state index in [1.165, 1.54) is 12.1 Å². The van der Waals surface area contributed by atoms with Crippen LogP contribution in [-0.2, 0) is 6.42 Å². The molecular formula is C13H18FNO. The van der Waals surface area contributed by atoms with Gasteiger partial charge in [0.2, 0.25) is 0 Å². The minimum absolute atomic E-state index is 0.221. The van der Waals surface area contributed by atoms with E-state index in [0.29, 0.717) is 11.5 Å². The topological polar surface area (TPSA) is 32.3 Å². The second-order valence-electron chi connectivity index (χ2n) is 4.63. The van der Waals surface area contributed by atoms with E-state index in [1.54, 1.807) is 6.92 Å². The van der Waals surface area contributed by atoms with Gasteiger partial charge in [-0.3, -0.25) is 0 Å². The van der Waals surface area contributed by atoms with Crippen molar-refractivity contribution >= 4 is 0 Å². The Hall–Kier alpha value is -1.09. The van der Waals surface area contributed by atoms with E-state index >= 15 is 0 Å². The quantitative estimate of drug-likeness (QED) is 0.806. The molecule has 0 aliphatic carbocycles. The molecule has 0 atom stereocenters. The highest BCUT2D eigenvalue weighted by Crippen LogP contribution is 2.26. The van der Waals surface area contributed by atoms with Gasteiger partial charge in [0.15, 0.2) is 0 Å². The van der Waals surface area contributed by atoms with Crippen LogP contribution in [0.3, 0.4) is 0 Å². The molecule has 1 heterocycles. The number of phenols is 1. The Balaban J connectivity index is 2.11. The molecule has 1 aliphatic heterocycles. The molecule has 0 bridgehead atoms. The van der Waals surface area contributed by atoms with Gasteiger partial charge in [0.1, 0.15) is 11.6 Å². The molecule has 16 heavy (non-hydrogen) atoms. The Morgan fingerprint density at radius 2 is 2.06 bits per heavy atom. The van der Waals surface area contributed by atoms with Gasteiger partial charge in [0, 0.05) is 0 Å². The van der Waals surface area contributed by atoms with Crippen LogP contribution in [0.5, 0.6) is 5.75 Å². The fourth-order valence-electron chi connectivity index (χ4n) is 2.27. The average molecular weight is 223 g/mol. The first-order valence-electron chi connectivity index (χ1n) is 5.85. The predicted octanol–water partition coefficient (Wildman–Crippen LogP) is 2.38. The number of aromatic hydroxyl groups is 1.